The number of ether oxygens (including phenoxy) is 2. The molecule has 0 unspecified atom stereocenters. The van der Waals surface area contributed by atoms with Crippen LogP contribution in [0.2, 0.25) is 0 Å². The van der Waals surface area contributed by atoms with Crippen molar-refractivity contribution in [1.29, 1.82) is 0 Å². The first kappa shape index (κ1) is 32.4. The van der Waals surface area contributed by atoms with Crippen molar-refractivity contribution < 1.29 is 19.1 Å². The molecule has 0 radical (unpaired) electrons. The Hall–Kier alpha value is -4.53. The number of fused-ring (bicyclic) bond motifs is 1. The molecule has 0 spiro atoms. The van der Waals surface area contributed by atoms with Gasteiger partial charge in [-0.25, -0.2) is 19.3 Å². The molecular weight excluding hydrogens is 620 g/mol. The molecule has 1 aliphatic heterocycles. The van der Waals surface area contributed by atoms with Gasteiger partial charge >= 0.3 is 6.09 Å². The average Bonchev–Trinajstić information content (AvgIpc) is 3.58. The third-order valence-electron chi connectivity index (χ3n) is 8.31. The van der Waals surface area contributed by atoms with E-state index in [1.54, 1.807) is 10.7 Å². The molecule has 5 heterocycles. The minimum absolute atomic E-state index is 0.0281. The van der Waals surface area contributed by atoms with Crippen LogP contribution in [0.15, 0.2) is 24.7 Å². The van der Waals surface area contributed by atoms with Crippen molar-refractivity contribution in [3.63, 3.8) is 0 Å². The molecule has 0 aromatic carbocycles. The second-order valence-electron chi connectivity index (χ2n) is 13.3. The van der Waals surface area contributed by atoms with Crippen LogP contribution in [0.4, 0.5) is 16.3 Å². The summed E-state index contributed by atoms with van der Waals surface area (Å²) in [7, 11) is 0. The highest BCUT2D eigenvalue weighted by atomic mass is 32.1. The van der Waals surface area contributed by atoms with Gasteiger partial charge < -0.3 is 30.7 Å². The number of carbonyl (C=O) groups excluding carboxylic acids is 2. The molecule has 2 fully saturated rings. The van der Waals surface area contributed by atoms with E-state index in [-0.39, 0.29) is 24.1 Å². The molecule has 1 aliphatic carbocycles. The number of aryl methyl sites for hydroxylation is 2. The highest BCUT2D eigenvalue weighted by Crippen LogP contribution is 2.35. The maximum Gasteiger partial charge on any atom is 0.407 e. The zero-order valence-corrected chi connectivity index (χ0v) is 28.3. The summed E-state index contributed by atoms with van der Waals surface area (Å²) < 4.78 is 13.5. The van der Waals surface area contributed by atoms with Crippen LogP contribution in [0, 0.1) is 13.8 Å². The number of aromatic nitrogens is 6. The lowest BCUT2D eigenvalue weighted by atomic mass is 9.93. The van der Waals surface area contributed by atoms with Gasteiger partial charge in [0.05, 0.1) is 28.3 Å². The third-order valence-corrected chi connectivity index (χ3v) is 9.27. The zero-order valence-electron chi connectivity index (χ0n) is 27.4. The first-order chi connectivity index (χ1) is 22.4. The van der Waals surface area contributed by atoms with Crippen molar-refractivity contribution in [2.75, 3.05) is 23.7 Å². The predicted octanol–water partition coefficient (Wildman–Crippen LogP) is 4.46. The van der Waals surface area contributed by atoms with Crippen molar-refractivity contribution >= 4 is 40.4 Å². The number of amides is 2. The standard InChI is InChI=1S/C32H42N10O4S/c1-18-13-20(15-35-40-18)24-14-25(26-28(33)34-17-36-42(24)26)41-12-6-7-22(16-41)38-29(43)27-30(37-19(2)47-27)45-23-10-8-21(9-11-23)39-31(44)46-32(3,4)5/h13-15,17,21-23H,6-12,16H2,1-5H3,(H,38,43)(H,39,44)(H2,33,34,36)/t21?,22-,23?/m1/s1. The SMILES string of the molecule is Cc1cc(-c2cc(N3CCC[C@@H](NC(=O)c4sc(C)nc4OC4CCC(NC(=O)OC(C)(C)C)CC4)C3)c3c(N)ncnn23)cnn1. The molecule has 15 heteroatoms. The van der Waals surface area contributed by atoms with Gasteiger partial charge in [0.1, 0.15) is 23.5 Å². The number of nitrogens with two attached hydrogens (primary N) is 1. The fraction of sp³-hybridized carbons (Fsp3) is 0.531. The Morgan fingerprint density at radius 3 is 2.60 bits per heavy atom. The van der Waals surface area contributed by atoms with Crippen LogP contribution < -0.4 is 26.0 Å². The second kappa shape index (κ2) is 13.3. The van der Waals surface area contributed by atoms with Crippen LogP contribution in [-0.4, -0.2) is 78.7 Å². The normalized spacial score (nSPS) is 20.2. The third kappa shape index (κ3) is 7.56. The molecule has 14 nitrogen and oxygen atoms in total. The van der Waals surface area contributed by atoms with Crippen LogP contribution in [0.3, 0.4) is 0 Å². The van der Waals surface area contributed by atoms with E-state index < -0.39 is 11.7 Å². The lowest BCUT2D eigenvalue weighted by Gasteiger charge is -2.34. The van der Waals surface area contributed by atoms with E-state index in [1.807, 2.05) is 40.7 Å². The molecule has 0 bridgehead atoms. The van der Waals surface area contributed by atoms with Gasteiger partial charge in [-0.3, -0.25) is 4.79 Å². The van der Waals surface area contributed by atoms with Crippen LogP contribution in [0.1, 0.15) is 79.7 Å². The number of nitrogens with one attached hydrogen (secondary N) is 2. The lowest BCUT2D eigenvalue weighted by molar-refractivity contribution is 0.0468. The van der Waals surface area contributed by atoms with E-state index in [4.69, 9.17) is 15.2 Å². The van der Waals surface area contributed by atoms with Crippen LogP contribution >= 0.6 is 11.3 Å². The molecule has 4 aromatic heterocycles. The Labute approximate surface area is 277 Å². The minimum Gasteiger partial charge on any atom is -0.473 e. The van der Waals surface area contributed by atoms with Crippen molar-refractivity contribution in [1.82, 2.24) is 40.4 Å². The van der Waals surface area contributed by atoms with Crippen molar-refractivity contribution in [3.8, 4) is 17.1 Å². The number of nitrogen functional groups attached to an aromatic ring is 1. The van der Waals surface area contributed by atoms with Gasteiger partial charge in [-0.1, -0.05) is 0 Å². The highest BCUT2D eigenvalue weighted by Gasteiger charge is 2.31. The average molecular weight is 663 g/mol. The first-order valence-corrected chi connectivity index (χ1v) is 16.9. The summed E-state index contributed by atoms with van der Waals surface area (Å²) in [5.41, 5.74) is 9.97. The number of alkyl carbamates (subject to hydrolysis) is 1. The van der Waals surface area contributed by atoms with Gasteiger partial charge in [-0.05, 0) is 85.3 Å². The van der Waals surface area contributed by atoms with E-state index >= 15 is 0 Å². The Morgan fingerprint density at radius 1 is 1.06 bits per heavy atom. The topological polar surface area (TPSA) is 175 Å². The fourth-order valence-electron chi connectivity index (χ4n) is 6.26. The summed E-state index contributed by atoms with van der Waals surface area (Å²) in [6, 6.07) is 3.94. The van der Waals surface area contributed by atoms with Crippen molar-refractivity contribution in [3.05, 3.63) is 40.2 Å². The summed E-state index contributed by atoms with van der Waals surface area (Å²) in [6.45, 7) is 10.7. The number of piperidine rings is 1. The summed E-state index contributed by atoms with van der Waals surface area (Å²) in [6.07, 6.45) is 7.38. The van der Waals surface area contributed by atoms with Gasteiger partial charge in [0.15, 0.2) is 10.7 Å². The molecule has 250 valence electrons. The second-order valence-corrected chi connectivity index (χ2v) is 14.5. The molecule has 2 amide bonds. The van der Waals surface area contributed by atoms with Gasteiger partial charge in [0.2, 0.25) is 5.88 Å². The fourth-order valence-corrected chi connectivity index (χ4v) is 7.02. The predicted molar refractivity (Wildman–Crippen MR) is 179 cm³/mol. The number of anilines is 2. The Balaban J connectivity index is 1.11. The maximum atomic E-state index is 13.6. The summed E-state index contributed by atoms with van der Waals surface area (Å²) in [5, 5.41) is 19.7. The monoisotopic (exact) mass is 662 g/mol. The molecular formula is C32H42N10O4S. The Kier molecular flexibility index (Phi) is 9.17. The maximum absolute atomic E-state index is 13.6. The smallest absolute Gasteiger partial charge is 0.407 e. The molecule has 1 saturated heterocycles. The van der Waals surface area contributed by atoms with E-state index in [2.05, 4.69) is 46.9 Å². The summed E-state index contributed by atoms with van der Waals surface area (Å²) in [5.74, 6) is 0.555. The lowest BCUT2D eigenvalue weighted by Crippen LogP contribution is -2.47. The van der Waals surface area contributed by atoms with E-state index in [1.165, 1.54) is 17.7 Å². The molecule has 4 N–H and O–H groups in total. The molecule has 4 aromatic rings. The minimum atomic E-state index is -0.541. The van der Waals surface area contributed by atoms with Crippen LogP contribution in [0.25, 0.3) is 16.8 Å². The van der Waals surface area contributed by atoms with Gasteiger partial charge in [-0.2, -0.15) is 15.3 Å². The Morgan fingerprint density at radius 2 is 1.85 bits per heavy atom. The molecule has 6 rings (SSSR count). The number of rotatable bonds is 7. The van der Waals surface area contributed by atoms with Crippen LogP contribution in [-0.2, 0) is 4.74 Å². The number of hydrogen-bond acceptors (Lipinski definition) is 12. The summed E-state index contributed by atoms with van der Waals surface area (Å²) >= 11 is 1.33. The highest BCUT2D eigenvalue weighted by molar-refractivity contribution is 7.13. The number of thiazole rings is 1. The zero-order chi connectivity index (χ0) is 33.3. The van der Waals surface area contributed by atoms with Crippen molar-refractivity contribution in [2.45, 2.75) is 96.9 Å². The largest absolute Gasteiger partial charge is 0.473 e. The van der Waals surface area contributed by atoms with E-state index in [9.17, 15) is 9.59 Å². The van der Waals surface area contributed by atoms with Gasteiger partial charge in [-0.15, -0.1) is 11.3 Å². The first-order valence-electron chi connectivity index (χ1n) is 16.0. The van der Waals surface area contributed by atoms with Crippen LogP contribution in [0.5, 0.6) is 5.88 Å². The summed E-state index contributed by atoms with van der Waals surface area (Å²) in [4.78, 5) is 37.4. The molecule has 2 aliphatic rings. The Bertz CT molecular complexity index is 1760. The number of nitrogens with zero attached hydrogens (tertiary/aromatic N) is 7. The number of hydrogen-bond donors (Lipinski definition) is 3. The molecule has 1 saturated carbocycles. The van der Waals surface area contributed by atoms with Gasteiger partial charge in [0.25, 0.3) is 5.91 Å². The quantitative estimate of drug-likeness (QED) is 0.255. The number of carbonyl (C=O) groups is 2. The molecule has 1 atom stereocenters. The van der Waals surface area contributed by atoms with E-state index in [0.29, 0.717) is 28.6 Å². The van der Waals surface area contributed by atoms with Gasteiger partial charge in [0, 0.05) is 30.7 Å². The molecule has 47 heavy (non-hydrogen) atoms. The van der Waals surface area contributed by atoms with Crippen molar-refractivity contribution in [2.24, 2.45) is 0 Å². The van der Waals surface area contributed by atoms with E-state index in [0.717, 1.165) is 72.7 Å².